The average molecular weight is 1150 g/mol. The van der Waals surface area contributed by atoms with Crippen LogP contribution in [0.3, 0.4) is 0 Å². The largest absolute Gasteiger partial charge is 2.00 e. The summed E-state index contributed by atoms with van der Waals surface area (Å²) < 4.78 is 53.4. The molecule has 0 amide bonds. The molecule has 9 rings (SSSR count). The number of rotatable bonds is 32. The topological polar surface area (TPSA) is 179 Å². The van der Waals surface area contributed by atoms with Crippen molar-refractivity contribution in [1.29, 1.82) is 0 Å². The zero-order valence-corrected chi connectivity index (χ0v) is 52.1. The van der Waals surface area contributed by atoms with E-state index in [1.165, 1.54) is 0 Å². The maximum Gasteiger partial charge on any atom is 2.00 e. The Morgan fingerprint density at radius 3 is 0.617 bits per heavy atom. The standard InChI is InChI=1S/C64H80N8O8.Zn/c1-9-17-33-73-41-25-26-42(74-34-18-10-2)50-49(41)57-65-58(50)70-60-53-45(77-37-21-13-5)29-30-46(78-38-22-14-6)54(53)62(67-60)72-64-56-48(80-40-24-16-8)32-31-47(79-39-23-15-7)55(56)63(68-64)71-61-52-44(76-36-20-12-4)28-27-43(75-35-19-11-3)51(52)59(66-61)69-57;/h25-32H,9-24,33-40H2,1-8H3;/q-2;+2. The van der Waals surface area contributed by atoms with Crippen molar-refractivity contribution in [2.75, 3.05) is 52.9 Å². The minimum atomic E-state index is 0. The van der Waals surface area contributed by atoms with Crippen LogP contribution < -0.4 is 47.9 Å². The van der Waals surface area contributed by atoms with Crippen molar-refractivity contribution >= 4 is 44.1 Å². The number of aromatic nitrogens is 8. The van der Waals surface area contributed by atoms with E-state index in [0.717, 1.165) is 103 Å². The number of unbranched alkanes of at least 4 members (excludes halogenated alkanes) is 8. The van der Waals surface area contributed by atoms with Crippen LogP contribution in [0.5, 0.6) is 46.0 Å². The number of nitrogens with zero attached hydrogens (tertiary/aromatic N) is 8. The van der Waals surface area contributed by atoms with E-state index < -0.39 is 0 Å². The summed E-state index contributed by atoms with van der Waals surface area (Å²) in [6, 6.07) is 15.5. The van der Waals surface area contributed by atoms with Gasteiger partial charge in [-0.3, -0.25) is 0 Å². The molecule has 16 nitrogen and oxygen atoms in total. The van der Waals surface area contributed by atoms with E-state index in [9.17, 15) is 0 Å². The van der Waals surface area contributed by atoms with E-state index in [0.29, 0.717) is 189 Å². The fourth-order valence-electron chi connectivity index (χ4n) is 9.50. The first-order valence-electron chi connectivity index (χ1n) is 29.8. The second-order valence-corrected chi connectivity index (χ2v) is 20.3. The van der Waals surface area contributed by atoms with Gasteiger partial charge in [-0.15, -0.1) is 0 Å². The molecular weight excluding hydrogens is 1070 g/mol. The molecule has 5 heterocycles. The van der Waals surface area contributed by atoms with Crippen LogP contribution in [0.25, 0.3) is 89.7 Å². The van der Waals surface area contributed by atoms with Gasteiger partial charge in [0.2, 0.25) is 0 Å². The smallest absolute Gasteiger partial charge is 0.493 e. The molecule has 0 unspecified atom stereocenters. The van der Waals surface area contributed by atoms with Gasteiger partial charge in [0.25, 0.3) is 0 Å². The van der Waals surface area contributed by atoms with E-state index in [1.54, 1.807) is 0 Å². The summed E-state index contributed by atoms with van der Waals surface area (Å²) in [6.45, 7) is 21.0. The van der Waals surface area contributed by atoms with Crippen LogP contribution in [0.2, 0.25) is 0 Å². The van der Waals surface area contributed by atoms with Crippen LogP contribution in [-0.2, 0) is 19.5 Å². The summed E-state index contributed by atoms with van der Waals surface area (Å²) >= 11 is 0. The fourth-order valence-corrected chi connectivity index (χ4v) is 9.50. The third-order valence-corrected chi connectivity index (χ3v) is 14.0. The summed E-state index contributed by atoms with van der Waals surface area (Å²) in [5.74, 6) is 5.99. The summed E-state index contributed by atoms with van der Waals surface area (Å²) in [5.41, 5.74) is 3.79. The van der Waals surface area contributed by atoms with Crippen molar-refractivity contribution in [3.05, 3.63) is 48.5 Å². The molecule has 0 aliphatic carbocycles. The summed E-state index contributed by atoms with van der Waals surface area (Å²) in [6.07, 6.45) is 14.3. The van der Waals surface area contributed by atoms with Crippen LogP contribution in [0.15, 0.2) is 48.5 Å². The SMILES string of the molecule is CCCCOc1ccc(OCCCC)c2c1-c1nc-2nc2[n-]c(nc3nc(nc4[n-]c(n1)c1c(OCCCC)ccc(OCCCC)c41)-c1c(OCCCC)ccc(OCCCC)c1-3)c1c(OCCCC)ccc(OCCCC)c21.[Zn+2]. The molecule has 2 aliphatic rings. The molecule has 8 bridgehead atoms. The fraction of sp³-hybridized carbons (Fsp3) is 0.500. The van der Waals surface area contributed by atoms with Crippen LogP contribution in [-0.4, -0.2) is 82.8 Å². The zero-order chi connectivity index (χ0) is 55.8. The Labute approximate surface area is 490 Å². The van der Waals surface area contributed by atoms with Gasteiger partial charge in [0.05, 0.1) is 98.4 Å². The Morgan fingerprint density at radius 1 is 0.259 bits per heavy atom. The molecule has 4 aromatic carbocycles. The Bertz CT molecular complexity index is 2970. The second kappa shape index (κ2) is 29.8. The Kier molecular flexibility index (Phi) is 22.2. The molecule has 2 aliphatic heterocycles. The van der Waals surface area contributed by atoms with Crippen LogP contribution in [0.4, 0.5) is 0 Å². The third-order valence-electron chi connectivity index (χ3n) is 14.0. The first kappa shape index (κ1) is 60.4. The van der Waals surface area contributed by atoms with Crippen molar-refractivity contribution in [2.45, 2.75) is 158 Å². The number of ether oxygens (including phenoxy) is 8. The monoisotopic (exact) mass is 1150 g/mol. The molecule has 0 saturated carbocycles. The minimum Gasteiger partial charge on any atom is -0.493 e. The molecular formula is C64H80N8O8Zn. The van der Waals surface area contributed by atoms with Crippen molar-refractivity contribution in [3.8, 4) is 91.5 Å². The predicted octanol–water partition coefficient (Wildman–Crippen LogP) is 15.6. The maximum absolute atomic E-state index is 6.68. The first-order valence-corrected chi connectivity index (χ1v) is 29.8. The Hall–Kier alpha value is -6.74. The van der Waals surface area contributed by atoms with Crippen molar-refractivity contribution in [3.63, 3.8) is 0 Å². The molecule has 0 N–H and O–H groups in total. The predicted molar refractivity (Wildman–Crippen MR) is 317 cm³/mol. The summed E-state index contributed by atoms with van der Waals surface area (Å²) in [5, 5.41) is 2.49. The van der Waals surface area contributed by atoms with Gasteiger partial charge in [0, 0.05) is 44.1 Å². The van der Waals surface area contributed by atoms with Gasteiger partial charge >= 0.3 is 19.5 Å². The van der Waals surface area contributed by atoms with Gasteiger partial charge in [0.1, 0.15) is 46.0 Å². The molecule has 0 atom stereocenters. The molecule has 3 aromatic heterocycles. The molecule has 0 radical (unpaired) electrons. The van der Waals surface area contributed by atoms with Gasteiger partial charge in [-0.05, 0) is 99.9 Å². The second-order valence-electron chi connectivity index (χ2n) is 20.3. The van der Waals surface area contributed by atoms with Crippen LogP contribution >= 0.6 is 0 Å². The van der Waals surface area contributed by atoms with Crippen LogP contribution in [0.1, 0.15) is 158 Å². The molecule has 81 heavy (non-hydrogen) atoms. The van der Waals surface area contributed by atoms with Crippen molar-refractivity contribution in [1.82, 2.24) is 39.9 Å². The summed E-state index contributed by atoms with van der Waals surface area (Å²) in [7, 11) is 0. The Balaban J connectivity index is 0.00000860. The van der Waals surface area contributed by atoms with Gasteiger partial charge < -0.3 is 67.8 Å². The molecule has 0 saturated heterocycles. The molecule has 0 spiro atoms. The van der Waals surface area contributed by atoms with Crippen molar-refractivity contribution < 1.29 is 57.4 Å². The van der Waals surface area contributed by atoms with Crippen molar-refractivity contribution in [2.24, 2.45) is 0 Å². The minimum absolute atomic E-state index is 0. The molecule has 17 heteroatoms. The van der Waals surface area contributed by atoms with E-state index in [-0.39, 0.29) is 19.5 Å². The number of fused-ring (bicyclic) bond motifs is 20. The average Bonchev–Trinajstić information content (AvgIpc) is 4.36. The van der Waals surface area contributed by atoms with Gasteiger partial charge in [-0.25, -0.2) is 9.97 Å². The van der Waals surface area contributed by atoms with E-state index in [2.05, 4.69) is 55.4 Å². The quantitative estimate of drug-likeness (QED) is 0.0287. The van der Waals surface area contributed by atoms with Gasteiger partial charge in [0.15, 0.2) is 0 Å². The molecule has 426 valence electrons. The zero-order valence-electron chi connectivity index (χ0n) is 49.1. The number of hydrogen-bond donors (Lipinski definition) is 0. The number of benzene rings is 4. The summed E-state index contributed by atoms with van der Waals surface area (Å²) in [4.78, 5) is 43.5. The van der Waals surface area contributed by atoms with Crippen LogP contribution in [0, 0.1) is 0 Å². The van der Waals surface area contributed by atoms with Gasteiger partial charge in [-0.1, -0.05) is 107 Å². The van der Waals surface area contributed by atoms with E-state index >= 15 is 0 Å². The molecule has 0 fully saturated rings. The van der Waals surface area contributed by atoms with Gasteiger partial charge in [-0.2, -0.15) is 0 Å². The maximum atomic E-state index is 6.68. The normalized spacial score (nSPS) is 11.6. The third kappa shape index (κ3) is 13.6. The first-order chi connectivity index (χ1) is 39.4. The van der Waals surface area contributed by atoms with E-state index in [4.69, 9.17) is 77.8 Å². The molecule has 7 aromatic rings. The number of hydrogen-bond acceptors (Lipinski definition) is 14. The van der Waals surface area contributed by atoms with E-state index in [1.807, 2.05) is 48.5 Å². The Morgan fingerprint density at radius 2 is 0.432 bits per heavy atom.